The van der Waals surface area contributed by atoms with Crippen molar-refractivity contribution in [1.29, 1.82) is 0 Å². The second-order valence-corrected chi connectivity index (χ2v) is 8.90. The summed E-state index contributed by atoms with van der Waals surface area (Å²) >= 11 is 0. The highest BCUT2D eigenvalue weighted by molar-refractivity contribution is 5.92. The number of likely N-dealkylation sites (tertiary alicyclic amines) is 1. The number of rotatable bonds is 10. The molecule has 10 heteroatoms. The number of amides is 2. The van der Waals surface area contributed by atoms with Gasteiger partial charge < -0.3 is 26.0 Å². The molecule has 1 aromatic heterocycles. The summed E-state index contributed by atoms with van der Waals surface area (Å²) in [5, 5.41) is 11.6. The largest absolute Gasteiger partial charge is 0.444 e. The Labute approximate surface area is 196 Å². The number of nitrogens with one attached hydrogen (secondary N) is 4. The van der Waals surface area contributed by atoms with Gasteiger partial charge in [-0.05, 0) is 64.8 Å². The van der Waals surface area contributed by atoms with Crippen LogP contribution in [0, 0.1) is 0 Å². The van der Waals surface area contributed by atoms with Gasteiger partial charge in [-0.3, -0.25) is 19.7 Å². The smallest absolute Gasteiger partial charge is 0.407 e. The fraction of sp³-hybridized carbons (Fsp3) is 0.565. The van der Waals surface area contributed by atoms with Crippen LogP contribution in [0.5, 0.6) is 0 Å². The summed E-state index contributed by atoms with van der Waals surface area (Å²) in [6, 6.07) is 3.72. The molecular weight excluding hydrogens is 422 g/mol. The molecule has 2 rings (SSSR count). The van der Waals surface area contributed by atoms with Gasteiger partial charge in [-0.2, -0.15) is 0 Å². The van der Waals surface area contributed by atoms with Crippen LogP contribution >= 0.6 is 0 Å². The first-order chi connectivity index (χ1) is 15.7. The van der Waals surface area contributed by atoms with Crippen LogP contribution in [0.4, 0.5) is 4.79 Å². The highest BCUT2D eigenvalue weighted by atomic mass is 16.6. The van der Waals surface area contributed by atoms with Crippen LogP contribution in [-0.2, 0) is 11.3 Å². The average molecular weight is 460 g/mol. The predicted octanol–water partition coefficient (Wildman–Crippen LogP) is 1.96. The zero-order chi connectivity index (χ0) is 24.3. The zero-order valence-corrected chi connectivity index (χ0v) is 20.1. The highest BCUT2D eigenvalue weighted by Crippen LogP contribution is 2.15. The molecule has 4 N–H and O–H groups in total. The number of ether oxygens (including phenoxy) is 1. The molecule has 2 heterocycles. The number of carbonyl (C=O) groups is 2. The molecule has 10 nitrogen and oxygen atoms in total. The Morgan fingerprint density at radius 3 is 2.88 bits per heavy atom. The predicted molar refractivity (Wildman–Crippen MR) is 129 cm³/mol. The van der Waals surface area contributed by atoms with Crippen LogP contribution in [0.15, 0.2) is 35.7 Å². The Hall–Kier alpha value is -3.14. The molecule has 1 fully saturated rings. The van der Waals surface area contributed by atoms with Gasteiger partial charge in [0.1, 0.15) is 18.0 Å². The first kappa shape index (κ1) is 26.1. The van der Waals surface area contributed by atoms with E-state index in [1.54, 1.807) is 12.3 Å². The Bertz CT molecular complexity index is 836. The lowest BCUT2D eigenvalue weighted by Gasteiger charge is -2.33. The van der Waals surface area contributed by atoms with Gasteiger partial charge in [-0.1, -0.05) is 6.58 Å². The summed E-state index contributed by atoms with van der Waals surface area (Å²) in [6.45, 7) is 14.5. The Morgan fingerprint density at radius 2 is 2.15 bits per heavy atom. The molecule has 0 spiro atoms. The van der Waals surface area contributed by atoms with E-state index in [-0.39, 0.29) is 24.7 Å². The number of alkyl carbamates (subject to hydrolysis) is 1. The van der Waals surface area contributed by atoms with E-state index < -0.39 is 5.60 Å². The maximum Gasteiger partial charge on any atom is 0.407 e. The van der Waals surface area contributed by atoms with Crippen molar-refractivity contribution in [1.82, 2.24) is 31.2 Å². The average Bonchev–Trinajstić information content (AvgIpc) is 2.72. The summed E-state index contributed by atoms with van der Waals surface area (Å²) in [6.07, 6.45) is 4.62. The SMILES string of the molecule is C=C(NC=NCNC(=O)c1cc(CN2CCC[C@@H](NC(=O)OC(C)(C)C)C2)ccn1)NCC. The fourth-order valence-corrected chi connectivity index (χ4v) is 3.39. The molecule has 0 saturated carbocycles. The quantitative estimate of drug-likeness (QED) is 0.312. The van der Waals surface area contributed by atoms with Gasteiger partial charge in [0.25, 0.3) is 5.91 Å². The molecule has 0 aromatic carbocycles. The summed E-state index contributed by atoms with van der Waals surface area (Å²) in [7, 11) is 0. The molecule has 1 saturated heterocycles. The first-order valence-corrected chi connectivity index (χ1v) is 11.3. The minimum absolute atomic E-state index is 0.0354. The number of pyridine rings is 1. The molecule has 0 aliphatic carbocycles. The van der Waals surface area contributed by atoms with Crippen LogP contribution in [0.3, 0.4) is 0 Å². The van der Waals surface area contributed by atoms with E-state index in [9.17, 15) is 9.59 Å². The van der Waals surface area contributed by atoms with Crippen molar-refractivity contribution in [3.63, 3.8) is 0 Å². The Balaban J connectivity index is 1.82. The number of aromatic nitrogens is 1. The molecular formula is C23H37N7O3. The van der Waals surface area contributed by atoms with Gasteiger partial charge in [-0.25, -0.2) is 4.79 Å². The lowest BCUT2D eigenvalue weighted by Crippen LogP contribution is -2.48. The van der Waals surface area contributed by atoms with E-state index in [4.69, 9.17) is 4.74 Å². The first-order valence-electron chi connectivity index (χ1n) is 11.3. The normalized spacial score (nSPS) is 16.8. The van der Waals surface area contributed by atoms with Crippen LogP contribution in [0.2, 0.25) is 0 Å². The van der Waals surface area contributed by atoms with Crippen molar-refractivity contribution in [3.8, 4) is 0 Å². The minimum atomic E-state index is -0.519. The zero-order valence-electron chi connectivity index (χ0n) is 20.1. The van der Waals surface area contributed by atoms with Crippen molar-refractivity contribution in [2.75, 3.05) is 26.3 Å². The highest BCUT2D eigenvalue weighted by Gasteiger charge is 2.24. The lowest BCUT2D eigenvalue weighted by molar-refractivity contribution is 0.0470. The van der Waals surface area contributed by atoms with Gasteiger partial charge in [0, 0.05) is 31.9 Å². The van der Waals surface area contributed by atoms with E-state index in [1.807, 2.05) is 33.8 Å². The number of aliphatic imine (C=N–C) groups is 1. The van der Waals surface area contributed by atoms with E-state index in [0.717, 1.165) is 38.0 Å². The van der Waals surface area contributed by atoms with Crippen LogP contribution < -0.4 is 21.3 Å². The minimum Gasteiger partial charge on any atom is -0.444 e. The molecule has 1 aliphatic rings. The summed E-state index contributed by atoms with van der Waals surface area (Å²) in [4.78, 5) is 35.0. The van der Waals surface area contributed by atoms with Gasteiger partial charge in [0.15, 0.2) is 0 Å². The number of hydrogen-bond acceptors (Lipinski definition) is 7. The number of piperidine rings is 1. The Kier molecular flexibility index (Phi) is 10.1. The van der Waals surface area contributed by atoms with Gasteiger partial charge >= 0.3 is 6.09 Å². The molecule has 182 valence electrons. The van der Waals surface area contributed by atoms with Gasteiger partial charge in [0.05, 0.1) is 12.2 Å². The van der Waals surface area contributed by atoms with Crippen molar-refractivity contribution in [3.05, 3.63) is 42.0 Å². The maximum atomic E-state index is 12.4. The van der Waals surface area contributed by atoms with Crippen molar-refractivity contribution in [2.45, 2.75) is 58.7 Å². The van der Waals surface area contributed by atoms with Crippen molar-refractivity contribution in [2.24, 2.45) is 4.99 Å². The second-order valence-electron chi connectivity index (χ2n) is 8.90. The summed E-state index contributed by atoms with van der Waals surface area (Å²) in [5.41, 5.74) is 0.808. The maximum absolute atomic E-state index is 12.4. The third kappa shape index (κ3) is 10.3. The molecule has 33 heavy (non-hydrogen) atoms. The molecule has 0 radical (unpaired) electrons. The van der Waals surface area contributed by atoms with E-state index in [0.29, 0.717) is 18.1 Å². The van der Waals surface area contributed by atoms with E-state index in [1.165, 1.54) is 6.34 Å². The van der Waals surface area contributed by atoms with E-state index in [2.05, 4.69) is 42.7 Å². The van der Waals surface area contributed by atoms with Crippen molar-refractivity contribution < 1.29 is 14.3 Å². The second kappa shape index (κ2) is 12.8. The van der Waals surface area contributed by atoms with Crippen LogP contribution in [0.25, 0.3) is 0 Å². The van der Waals surface area contributed by atoms with Crippen LogP contribution in [0.1, 0.15) is 56.6 Å². The van der Waals surface area contributed by atoms with Gasteiger partial charge in [-0.15, -0.1) is 0 Å². The standard InChI is InChI=1S/C23H37N7O3/c1-6-25-17(2)27-15-24-16-28-21(31)20-12-18(9-10-26-20)13-30-11-7-8-19(14-30)29-22(32)33-23(3,4)5/h9-10,12,15,19,25H,2,6-8,11,13-14,16H2,1,3-5H3,(H,24,27)(H,28,31)(H,29,32)/t19-/m1/s1. The van der Waals surface area contributed by atoms with E-state index >= 15 is 0 Å². The molecule has 1 aromatic rings. The number of hydrogen-bond donors (Lipinski definition) is 4. The molecule has 1 atom stereocenters. The number of nitrogens with zero attached hydrogens (tertiary/aromatic N) is 3. The molecule has 0 unspecified atom stereocenters. The fourth-order valence-electron chi connectivity index (χ4n) is 3.39. The van der Waals surface area contributed by atoms with Crippen molar-refractivity contribution >= 4 is 18.3 Å². The topological polar surface area (TPSA) is 120 Å². The molecule has 1 aliphatic heterocycles. The monoisotopic (exact) mass is 459 g/mol. The van der Waals surface area contributed by atoms with Crippen LogP contribution in [-0.4, -0.2) is 66.2 Å². The summed E-state index contributed by atoms with van der Waals surface area (Å²) < 4.78 is 5.36. The Morgan fingerprint density at radius 1 is 1.36 bits per heavy atom. The molecule has 2 amide bonds. The summed E-state index contributed by atoms with van der Waals surface area (Å²) in [5.74, 6) is 0.353. The molecule has 0 bridgehead atoms. The number of carbonyl (C=O) groups excluding carboxylic acids is 2. The lowest BCUT2D eigenvalue weighted by atomic mass is 10.0. The third-order valence-corrected chi connectivity index (χ3v) is 4.74. The third-order valence-electron chi connectivity index (χ3n) is 4.74. The van der Waals surface area contributed by atoms with Gasteiger partial charge in [0.2, 0.25) is 0 Å².